The van der Waals surface area contributed by atoms with E-state index in [1.54, 1.807) is 6.07 Å². The molecule has 1 aromatic rings. The molecule has 0 bridgehead atoms. The van der Waals surface area contributed by atoms with Gasteiger partial charge in [-0.1, -0.05) is 30.3 Å². The molecule has 0 saturated carbocycles. The minimum absolute atomic E-state index is 0.138. The molecule has 1 rings (SSSR count). The molecule has 0 aliphatic rings. The van der Waals surface area contributed by atoms with Crippen LogP contribution in [0.15, 0.2) is 30.3 Å². The van der Waals surface area contributed by atoms with Gasteiger partial charge in [0.05, 0.1) is 5.75 Å². The van der Waals surface area contributed by atoms with Crippen LogP contribution in [0.5, 0.6) is 0 Å². The monoisotopic (exact) mass is 348 g/mol. The lowest BCUT2D eigenvalue weighted by molar-refractivity contribution is -0.252. The Bertz CT molecular complexity index is 628. The number of hydrogen-bond donors (Lipinski definition) is 0. The zero-order valence-electron chi connectivity index (χ0n) is 10.8. The maximum Gasteiger partial charge on any atom is 0.376 e. The van der Waals surface area contributed by atoms with Crippen LogP contribution in [0.3, 0.4) is 0 Å². The van der Waals surface area contributed by atoms with E-state index in [4.69, 9.17) is 0 Å². The molecule has 22 heavy (non-hydrogen) atoms. The highest BCUT2D eigenvalue weighted by atomic mass is 32.2. The number of carbonyl (C=O) groups is 1. The van der Waals surface area contributed by atoms with Crippen LogP contribution >= 0.6 is 0 Å². The van der Waals surface area contributed by atoms with Crippen molar-refractivity contribution in [1.29, 1.82) is 0 Å². The van der Waals surface area contributed by atoms with E-state index in [-0.39, 0.29) is 5.56 Å². The van der Waals surface area contributed by atoms with E-state index in [0.29, 0.717) is 0 Å². The van der Waals surface area contributed by atoms with Gasteiger partial charge in [-0.15, -0.1) is 0 Å². The van der Waals surface area contributed by atoms with Crippen LogP contribution in [-0.4, -0.2) is 38.2 Å². The predicted octanol–water partition coefficient (Wildman–Crippen LogP) is 2.71. The summed E-state index contributed by atoms with van der Waals surface area (Å²) >= 11 is 0. The van der Waals surface area contributed by atoms with Crippen molar-refractivity contribution in [3.05, 3.63) is 35.9 Å². The number of sulfone groups is 1. The summed E-state index contributed by atoms with van der Waals surface area (Å²) in [4.78, 5) is 11.1. The average molecular weight is 348 g/mol. The quantitative estimate of drug-likeness (QED) is 0.712. The third-order valence-electron chi connectivity index (χ3n) is 2.62. The summed E-state index contributed by atoms with van der Waals surface area (Å²) in [6.45, 7) is 0. The molecule has 124 valence electrons. The number of rotatable bonds is 7. The van der Waals surface area contributed by atoms with E-state index in [2.05, 4.69) is 0 Å². The van der Waals surface area contributed by atoms with Gasteiger partial charge in [-0.3, -0.25) is 4.79 Å². The summed E-state index contributed by atoms with van der Waals surface area (Å²) in [5.74, 6) is -17.3. The fraction of sp³-hybridized carbons (Fsp3) is 0.417. The molecule has 0 radical (unpaired) electrons. The number of carbonyl (C=O) groups excluding carboxylic acids is 1. The van der Waals surface area contributed by atoms with Gasteiger partial charge in [0.15, 0.2) is 9.84 Å². The molecule has 0 spiro atoms. The minimum Gasteiger partial charge on any atom is -0.292 e. The predicted molar refractivity (Wildman–Crippen MR) is 64.8 cm³/mol. The van der Waals surface area contributed by atoms with Crippen molar-refractivity contribution in [3.8, 4) is 0 Å². The molecule has 0 amide bonds. The number of halogens is 6. The molecule has 1 aromatic carbocycles. The standard InChI is InChI=1S/C12H10F6O3S/c13-10(14)12(17,18)11(15,16)9(19)7-22(20,21)6-8-4-2-1-3-5-8/h1-5,10H,6-7H2. The lowest BCUT2D eigenvalue weighted by Crippen LogP contribution is -2.53. The Labute approximate surface area is 121 Å². The van der Waals surface area contributed by atoms with E-state index >= 15 is 0 Å². The van der Waals surface area contributed by atoms with E-state index in [9.17, 15) is 39.6 Å². The zero-order chi connectivity index (χ0) is 17.2. The number of benzene rings is 1. The first kappa shape index (κ1) is 18.5. The lowest BCUT2D eigenvalue weighted by atomic mass is 10.1. The molecule has 0 heterocycles. The van der Waals surface area contributed by atoms with Crippen molar-refractivity contribution in [2.45, 2.75) is 24.0 Å². The second-order valence-corrected chi connectivity index (χ2v) is 6.50. The third-order valence-corrected chi connectivity index (χ3v) is 4.10. The van der Waals surface area contributed by atoms with Gasteiger partial charge in [0.2, 0.25) is 5.78 Å². The summed E-state index contributed by atoms with van der Waals surface area (Å²) in [5.41, 5.74) is 0.138. The van der Waals surface area contributed by atoms with Gasteiger partial charge in [-0.05, 0) is 5.56 Å². The number of hydrogen-bond acceptors (Lipinski definition) is 3. The van der Waals surface area contributed by atoms with Gasteiger partial charge < -0.3 is 0 Å². The van der Waals surface area contributed by atoms with E-state index < -0.39 is 45.4 Å². The van der Waals surface area contributed by atoms with Crippen LogP contribution < -0.4 is 0 Å². The van der Waals surface area contributed by atoms with Crippen molar-refractivity contribution < 1.29 is 39.6 Å². The molecule has 0 aromatic heterocycles. The molecular formula is C12H10F6O3S. The molecule has 0 saturated heterocycles. The van der Waals surface area contributed by atoms with Crippen LogP contribution in [0.1, 0.15) is 5.56 Å². The highest BCUT2D eigenvalue weighted by Gasteiger charge is 2.67. The molecule has 10 heteroatoms. The minimum atomic E-state index is -5.94. The van der Waals surface area contributed by atoms with Gasteiger partial charge in [0.25, 0.3) is 0 Å². The Balaban J connectivity index is 2.91. The summed E-state index contributed by atoms with van der Waals surface area (Å²) < 4.78 is 98.4. The normalized spacial score (nSPS) is 13.4. The number of ketones is 1. The summed E-state index contributed by atoms with van der Waals surface area (Å²) in [6, 6.07) is 7.04. The van der Waals surface area contributed by atoms with Gasteiger partial charge in [-0.2, -0.15) is 17.6 Å². The molecule has 0 N–H and O–H groups in total. The van der Waals surface area contributed by atoms with Crippen LogP contribution in [0.4, 0.5) is 26.3 Å². The molecule has 0 aliphatic carbocycles. The van der Waals surface area contributed by atoms with Gasteiger partial charge in [-0.25, -0.2) is 17.2 Å². The van der Waals surface area contributed by atoms with Gasteiger partial charge in [0, 0.05) is 0 Å². The summed E-state index contributed by atoms with van der Waals surface area (Å²) in [6.07, 6.45) is -4.80. The number of alkyl halides is 6. The SMILES string of the molecule is O=C(CS(=O)(=O)Cc1ccccc1)C(F)(F)C(F)(F)C(F)F. The maximum atomic E-state index is 13.1. The average Bonchev–Trinajstić information content (AvgIpc) is 2.38. The molecule has 3 nitrogen and oxygen atoms in total. The first-order valence-electron chi connectivity index (χ1n) is 5.71. The molecule has 0 unspecified atom stereocenters. The van der Waals surface area contributed by atoms with Crippen molar-refractivity contribution >= 4 is 15.6 Å². The third kappa shape index (κ3) is 3.99. The fourth-order valence-corrected chi connectivity index (χ4v) is 2.88. The van der Waals surface area contributed by atoms with E-state index in [1.165, 1.54) is 24.3 Å². The first-order chi connectivity index (χ1) is 9.90. The van der Waals surface area contributed by atoms with Crippen molar-refractivity contribution in [2.24, 2.45) is 0 Å². The topological polar surface area (TPSA) is 51.2 Å². The van der Waals surface area contributed by atoms with Gasteiger partial charge >= 0.3 is 18.3 Å². The van der Waals surface area contributed by atoms with Crippen LogP contribution in [0.2, 0.25) is 0 Å². The van der Waals surface area contributed by atoms with Crippen LogP contribution in [-0.2, 0) is 20.4 Å². The van der Waals surface area contributed by atoms with Crippen LogP contribution in [0, 0.1) is 0 Å². The second-order valence-electron chi connectivity index (χ2n) is 4.44. The molecule has 0 atom stereocenters. The largest absolute Gasteiger partial charge is 0.376 e. The molecule has 0 fully saturated rings. The van der Waals surface area contributed by atoms with Crippen molar-refractivity contribution in [1.82, 2.24) is 0 Å². The highest BCUT2D eigenvalue weighted by molar-refractivity contribution is 7.91. The fourth-order valence-electron chi connectivity index (χ4n) is 1.49. The Hall–Kier alpha value is -1.58. The maximum absolute atomic E-state index is 13.1. The summed E-state index contributed by atoms with van der Waals surface area (Å²) in [5, 5.41) is 0. The van der Waals surface area contributed by atoms with Crippen molar-refractivity contribution in [2.75, 3.05) is 5.75 Å². The Kier molecular flexibility index (Phi) is 5.26. The van der Waals surface area contributed by atoms with Crippen molar-refractivity contribution in [3.63, 3.8) is 0 Å². The first-order valence-corrected chi connectivity index (χ1v) is 7.54. The number of Topliss-reactive ketones (excluding diaryl/α,β-unsaturated/α-hetero) is 1. The second kappa shape index (κ2) is 6.27. The molecular weight excluding hydrogens is 338 g/mol. The Morgan fingerprint density at radius 2 is 1.55 bits per heavy atom. The lowest BCUT2D eigenvalue weighted by Gasteiger charge is -2.24. The smallest absolute Gasteiger partial charge is 0.292 e. The zero-order valence-corrected chi connectivity index (χ0v) is 11.6. The Morgan fingerprint density at radius 3 is 2.00 bits per heavy atom. The van der Waals surface area contributed by atoms with Gasteiger partial charge in [0.1, 0.15) is 5.75 Å². The van der Waals surface area contributed by atoms with E-state index in [1.807, 2.05) is 0 Å². The highest BCUT2D eigenvalue weighted by Crippen LogP contribution is 2.40. The van der Waals surface area contributed by atoms with Crippen LogP contribution in [0.25, 0.3) is 0 Å². The van der Waals surface area contributed by atoms with E-state index in [0.717, 1.165) is 0 Å². The summed E-state index contributed by atoms with van der Waals surface area (Å²) in [7, 11) is -4.51. The Morgan fingerprint density at radius 1 is 1.05 bits per heavy atom. The molecule has 0 aliphatic heterocycles.